The maximum absolute atomic E-state index is 12.6. The van der Waals surface area contributed by atoms with Crippen LogP contribution in [-0.2, 0) is 6.18 Å². The van der Waals surface area contributed by atoms with Gasteiger partial charge in [-0.3, -0.25) is 4.79 Å². The fourth-order valence-corrected chi connectivity index (χ4v) is 1.84. The van der Waals surface area contributed by atoms with Crippen molar-refractivity contribution in [1.82, 2.24) is 5.32 Å². The quantitative estimate of drug-likeness (QED) is 0.828. The highest BCUT2D eigenvalue weighted by molar-refractivity contribution is 5.94. The Bertz CT molecular complexity index is 481. The summed E-state index contributed by atoms with van der Waals surface area (Å²) in [7, 11) is 0. The summed E-state index contributed by atoms with van der Waals surface area (Å²) in [4.78, 5) is 11.7. The fourth-order valence-electron chi connectivity index (χ4n) is 1.84. The van der Waals surface area contributed by atoms with E-state index in [1.807, 2.05) is 0 Å². The predicted octanol–water partition coefficient (Wildman–Crippen LogP) is 2.82. The minimum atomic E-state index is -4.55. The summed E-state index contributed by atoms with van der Waals surface area (Å²) >= 11 is 0. The molecular weight excluding hydrogens is 257 g/mol. The summed E-state index contributed by atoms with van der Waals surface area (Å²) in [6.45, 7) is 0.495. The fraction of sp³-hybridized carbons (Fsp3) is 0.462. The van der Waals surface area contributed by atoms with Gasteiger partial charge in [-0.2, -0.15) is 13.2 Å². The number of nitrogens with one attached hydrogen (secondary N) is 1. The Balaban J connectivity index is 2.04. The van der Waals surface area contributed by atoms with E-state index < -0.39 is 17.6 Å². The molecule has 0 heterocycles. The molecule has 0 bridgehead atoms. The van der Waals surface area contributed by atoms with Gasteiger partial charge in [0.15, 0.2) is 0 Å². The standard InChI is InChI=1S/C13H15F3N2O/c14-13(15,16)10-7-9(3-4-11(10)17)12(19)18-6-5-8-1-2-8/h3-4,7-8H,1-2,5-6,17H2,(H,18,19). The number of alkyl halides is 3. The summed E-state index contributed by atoms with van der Waals surface area (Å²) in [5, 5.41) is 2.62. The van der Waals surface area contributed by atoms with Crippen molar-refractivity contribution in [2.75, 3.05) is 12.3 Å². The van der Waals surface area contributed by atoms with Gasteiger partial charge in [-0.1, -0.05) is 12.8 Å². The van der Waals surface area contributed by atoms with Gasteiger partial charge in [0, 0.05) is 17.8 Å². The van der Waals surface area contributed by atoms with E-state index >= 15 is 0 Å². The van der Waals surface area contributed by atoms with Gasteiger partial charge in [-0.15, -0.1) is 0 Å². The number of anilines is 1. The van der Waals surface area contributed by atoms with Crippen molar-refractivity contribution in [1.29, 1.82) is 0 Å². The molecule has 6 heteroatoms. The Labute approximate surface area is 109 Å². The van der Waals surface area contributed by atoms with Crippen LogP contribution in [0.5, 0.6) is 0 Å². The van der Waals surface area contributed by atoms with E-state index in [0.717, 1.165) is 18.6 Å². The number of nitrogens with two attached hydrogens (primary N) is 1. The van der Waals surface area contributed by atoms with Crippen LogP contribution in [-0.4, -0.2) is 12.5 Å². The Kier molecular flexibility index (Phi) is 3.68. The van der Waals surface area contributed by atoms with E-state index in [9.17, 15) is 18.0 Å². The van der Waals surface area contributed by atoms with E-state index in [4.69, 9.17) is 5.73 Å². The third-order valence-electron chi connectivity index (χ3n) is 3.16. The molecule has 0 aliphatic heterocycles. The maximum Gasteiger partial charge on any atom is 0.418 e. The normalized spacial score (nSPS) is 15.3. The number of hydrogen-bond donors (Lipinski definition) is 2. The van der Waals surface area contributed by atoms with Crippen LogP contribution in [0, 0.1) is 5.92 Å². The molecule has 3 N–H and O–H groups in total. The molecule has 1 aliphatic rings. The summed E-state index contributed by atoms with van der Waals surface area (Å²) in [5.74, 6) is 0.170. The molecule has 19 heavy (non-hydrogen) atoms. The molecule has 1 amide bonds. The van der Waals surface area contributed by atoms with Crippen LogP contribution in [0.15, 0.2) is 18.2 Å². The van der Waals surface area contributed by atoms with Gasteiger partial charge in [-0.05, 0) is 30.5 Å². The van der Waals surface area contributed by atoms with Crippen LogP contribution >= 0.6 is 0 Å². The van der Waals surface area contributed by atoms with E-state index in [1.165, 1.54) is 18.9 Å². The summed E-state index contributed by atoms with van der Waals surface area (Å²) in [5.41, 5.74) is 3.91. The Morgan fingerprint density at radius 3 is 2.63 bits per heavy atom. The highest BCUT2D eigenvalue weighted by Crippen LogP contribution is 2.34. The summed E-state index contributed by atoms with van der Waals surface area (Å²) in [6, 6.07) is 3.21. The molecule has 1 fully saturated rings. The van der Waals surface area contributed by atoms with Gasteiger partial charge in [0.25, 0.3) is 5.91 Å². The number of nitrogen functional groups attached to an aromatic ring is 1. The lowest BCUT2D eigenvalue weighted by Crippen LogP contribution is -2.25. The molecule has 104 valence electrons. The first kappa shape index (κ1) is 13.7. The third-order valence-corrected chi connectivity index (χ3v) is 3.16. The molecule has 0 spiro atoms. The highest BCUT2D eigenvalue weighted by atomic mass is 19.4. The predicted molar refractivity (Wildman–Crippen MR) is 65.5 cm³/mol. The monoisotopic (exact) mass is 272 g/mol. The molecule has 1 saturated carbocycles. The van der Waals surface area contributed by atoms with E-state index in [0.29, 0.717) is 12.5 Å². The van der Waals surface area contributed by atoms with Crippen LogP contribution < -0.4 is 11.1 Å². The van der Waals surface area contributed by atoms with Gasteiger partial charge in [0.2, 0.25) is 0 Å². The summed E-state index contributed by atoms with van der Waals surface area (Å²) < 4.78 is 37.9. The molecule has 3 nitrogen and oxygen atoms in total. The number of carbonyl (C=O) groups is 1. The Morgan fingerprint density at radius 1 is 1.37 bits per heavy atom. The minimum Gasteiger partial charge on any atom is -0.398 e. The van der Waals surface area contributed by atoms with Crippen LogP contribution in [0.4, 0.5) is 18.9 Å². The van der Waals surface area contributed by atoms with Crippen molar-refractivity contribution < 1.29 is 18.0 Å². The van der Waals surface area contributed by atoms with Gasteiger partial charge in [0.05, 0.1) is 5.56 Å². The Morgan fingerprint density at radius 2 is 2.05 bits per heavy atom. The lowest BCUT2D eigenvalue weighted by Gasteiger charge is -2.11. The van der Waals surface area contributed by atoms with Crippen LogP contribution in [0.1, 0.15) is 35.2 Å². The van der Waals surface area contributed by atoms with Crippen molar-refractivity contribution in [2.24, 2.45) is 5.92 Å². The molecular formula is C13H15F3N2O. The molecule has 0 aromatic heterocycles. The molecule has 1 aliphatic carbocycles. The number of hydrogen-bond acceptors (Lipinski definition) is 2. The molecule has 0 radical (unpaired) electrons. The zero-order valence-electron chi connectivity index (χ0n) is 10.3. The van der Waals surface area contributed by atoms with E-state index in [-0.39, 0.29) is 11.3 Å². The molecule has 0 unspecified atom stereocenters. The van der Waals surface area contributed by atoms with Crippen molar-refractivity contribution >= 4 is 11.6 Å². The first-order valence-electron chi connectivity index (χ1n) is 6.13. The summed E-state index contributed by atoms with van der Waals surface area (Å²) in [6.07, 6.45) is -1.31. The zero-order valence-corrected chi connectivity index (χ0v) is 10.3. The maximum atomic E-state index is 12.6. The average molecular weight is 272 g/mol. The highest BCUT2D eigenvalue weighted by Gasteiger charge is 2.33. The number of rotatable bonds is 4. The van der Waals surface area contributed by atoms with Crippen LogP contribution in [0.3, 0.4) is 0 Å². The van der Waals surface area contributed by atoms with E-state index in [1.54, 1.807) is 0 Å². The number of halogens is 3. The molecule has 1 aromatic carbocycles. The lowest BCUT2D eigenvalue weighted by atomic mass is 10.1. The molecule has 1 aromatic rings. The second-order valence-electron chi connectivity index (χ2n) is 4.79. The second kappa shape index (κ2) is 5.11. The third kappa shape index (κ3) is 3.62. The van der Waals surface area contributed by atoms with Crippen molar-refractivity contribution in [2.45, 2.75) is 25.4 Å². The lowest BCUT2D eigenvalue weighted by molar-refractivity contribution is -0.136. The smallest absolute Gasteiger partial charge is 0.398 e. The van der Waals surface area contributed by atoms with Gasteiger partial charge in [0.1, 0.15) is 0 Å². The first-order chi connectivity index (χ1) is 8.88. The van der Waals surface area contributed by atoms with Gasteiger partial charge < -0.3 is 11.1 Å². The largest absolute Gasteiger partial charge is 0.418 e. The van der Waals surface area contributed by atoms with Crippen LogP contribution in [0.2, 0.25) is 0 Å². The second-order valence-corrected chi connectivity index (χ2v) is 4.79. The molecule has 2 rings (SSSR count). The zero-order chi connectivity index (χ0) is 14.0. The van der Waals surface area contributed by atoms with Gasteiger partial charge in [-0.25, -0.2) is 0 Å². The minimum absolute atomic E-state index is 0.0164. The van der Waals surface area contributed by atoms with Crippen LogP contribution in [0.25, 0.3) is 0 Å². The topological polar surface area (TPSA) is 55.1 Å². The number of carbonyl (C=O) groups excluding carboxylic acids is 1. The molecule has 0 saturated heterocycles. The van der Waals surface area contributed by atoms with E-state index in [2.05, 4.69) is 5.32 Å². The van der Waals surface area contributed by atoms with Gasteiger partial charge >= 0.3 is 6.18 Å². The van der Waals surface area contributed by atoms with Crippen molar-refractivity contribution in [3.63, 3.8) is 0 Å². The number of benzene rings is 1. The molecule has 0 atom stereocenters. The van der Waals surface area contributed by atoms with Crippen molar-refractivity contribution in [3.8, 4) is 0 Å². The number of amides is 1. The Hall–Kier alpha value is -1.72. The van der Waals surface area contributed by atoms with Crippen molar-refractivity contribution in [3.05, 3.63) is 29.3 Å². The first-order valence-corrected chi connectivity index (χ1v) is 6.13. The SMILES string of the molecule is Nc1ccc(C(=O)NCCC2CC2)cc1C(F)(F)F. The average Bonchev–Trinajstić information content (AvgIpc) is 3.12.